The van der Waals surface area contributed by atoms with Gasteiger partial charge in [-0.1, -0.05) is 13.3 Å². The number of hydrogen-bond acceptors (Lipinski definition) is 2. The van der Waals surface area contributed by atoms with E-state index in [0.29, 0.717) is 11.3 Å². The van der Waals surface area contributed by atoms with Gasteiger partial charge in [0.15, 0.2) is 0 Å². The van der Waals surface area contributed by atoms with Gasteiger partial charge in [0.25, 0.3) is 0 Å². The zero-order chi connectivity index (χ0) is 10.8. The summed E-state index contributed by atoms with van der Waals surface area (Å²) in [6.07, 6.45) is 5.18. The molecule has 1 aliphatic rings. The van der Waals surface area contributed by atoms with Gasteiger partial charge in [0.2, 0.25) is 0 Å². The molecule has 0 bridgehead atoms. The first-order valence-corrected chi connectivity index (χ1v) is 5.96. The maximum absolute atomic E-state index is 6.28. The van der Waals surface area contributed by atoms with Crippen LogP contribution in [-0.2, 0) is 13.6 Å². The smallest absolute Gasteiger partial charge is 0.0534 e. The van der Waals surface area contributed by atoms with Crippen molar-refractivity contribution in [3.63, 3.8) is 0 Å². The van der Waals surface area contributed by atoms with E-state index >= 15 is 0 Å². The lowest BCUT2D eigenvalue weighted by molar-refractivity contribution is 0.315. The summed E-state index contributed by atoms with van der Waals surface area (Å²) in [5.41, 5.74) is 1.28. The van der Waals surface area contributed by atoms with Gasteiger partial charge >= 0.3 is 0 Å². The maximum atomic E-state index is 6.28. The van der Waals surface area contributed by atoms with Crippen LogP contribution in [-0.4, -0.2) is 33.1 Å². The van der Waals surface area contributed by atoms with Crippen LogP contribution in [0.3, 0.4) is 0 Å². The number of aromatic nitrogens is 2. The summed E-state index contributed by atoms with van der Waals surface area (Å²) < 4.78 is 1.85. The van der Waals surface area contributed by atoms with Gasteiger partial charge in [-0.15, -0.1) is 11.6 Å². The second kappa shape index (κ2) is 4.54. The Bertz CT molecular complexity index is 323. The van der Waals surface area contributed by atoms with Crippen molar-refractivity contribution in [3.8, 4) is 0 Å². The SMILES string of the molecule is CCC1CN(Cc2cnn(C)c2)CC1Cl. The predicted octanol–water partition coefficient (Wildman–Crippen LogP) is 1.87. The van der Waals surface area contributed by atoms with Gasteiger partial charge in [-0.3, -0.25) is 9.58 Å². The second-order valence-corrected chi connectivity index (χ2v) is 4.96. The highest BCUT2D eigenvalue weighted by Gasteiger charge is 2.29. The molecule has 0 aliphatic carbocycles. The van der Waals surface area contributed by atoms with E-state index in [-0.39, 0.29) is 0 Å². The second-order valence-electron chi connectivity index (χ2n) is 4.40. The van der Waals surface area contributed by atoms with Crippen LogP contribution < -0.4 is 0 Å². The minimum atomic E-state index is 0.326. The molecule has 0 amide bonds. The molecule has 0 N–H and O–H groups in total. The van der Waals surface area contributed by atoms with Crippen LogP contribution in [0.5, 0.6) is 0 Å². The van der Waals surface area contributed by atoms with Crippen LogP contribution in [0.25, 0.3) is 0 Å². The van der Waals surface area contributed by atoms with E-state index in [9.17, 15) is 0 Å². The fraction of sp³-hybridized carbons (Fsp3) is 0.727. The molecule has 2 atom stereocenters. The Kier molecular flexibility index (Phi) is 3.32. The molecule has 0 saturated carbocycles. The summed E-state index contributed by atoms with van der Waals surface area (Å²) in [6.45, 7) is 5.33. The summed E-state index contributed by atoms with van der Waals surface area (Å²) in [5.74, 6) is 0.656. The number of hydrogen-bond donors (Lipinski definition) is 0. The van der Waals surface area contributed by atoms with Crippen LogP contribution in [0.4, 0.5) is 0 Å². The Hall–Kier alpha value is -0.540. The van der Waals surface area contributed by atoms with Crippen molar-refractivity contribution in [1.29, 1.82) is 0 Å². The normalized spacial score (nSPS) is 27.4. The number of rotatable bonds is 3. The Morgan fingerprint density at radius 2 is 2.33 bits per heavy atom. The quantitative estimate of drug-likeness (QED) is 0.736. The third kappa shape index (κ3) is 2.52. The molecule has 1 aliphatic heterocycles. The van der Waals surface area contributed by atoms with Crippen LogP contribution in [0.2, 0.25) is 0 Å². The molecule has 0 aromatic carbocycles. The first kappa shape index (κ1) is 11.0. The van der Waals surface area contributed by atoms with E-state index in [4.69, 9.17) is 11.6 Å². The van der Waals surface area contributed by atoms with Crippen LogP contribution >= 0.6 is 11.6 Å². The average Bonchev–Trinajstić information content (AvgIpc) is 2.73. The minimum absolute atomic E-state index is 0.326. The summed E-state index contributed by atoms with van der Waals surface area (Å²) >= 11 is 6.28. The summed E-state index contributed by atoms with van der Waals surface area (Å²) in [5, 5.41) is 4.50. The minimum Gasteiger partial charge on any atom is -0.297 e. The van der Waals surface area contributed by atoms with Crippen molar-refractivity contribution in [2.75, 3.05) is 13.1 Å². The lowest BCUT2D eigenvalue weighted by Gasteiger charge is -2.13. The molecular weight excluding hydrogens is 210 g/mol. The van der Waals surface area contributed by atoms with E-state index in [1.54, 1.807) is 0 Å². The highest BCUT2D eigenvalue weighted by atomic mass is 35.5. The molecule has 4 heteroatoms. The standard InChI is InChI=1S/C11H18ClN3/c1-3-10-7-15(8-11(10)12)6-9-4-13-14(2)5-9/h4-5,10-11H,3,6-8H2,1-2H3. The third-order valence-electron chi connectivity index (χ3n) is 3.13. The van der Waals surface area contributed by atoms with E-state index in [0.717, 1.165) is 19.6 Å². The van der Waals surface area contributed by atoms with Gasteiger partial charge < -0.3 is 0 Å². The predicted molar refractivity (Wildman–Crippen MR) is 61.9 cm³/mol. The summed E-state index contributed by atoms with van der Waals surface area (Å²) in [6, 6.07) is 0. The highest BCUT2D eigenvalue weighted by molar-refractivity contribution is 6.21. The Labute approximate surface area is 96.0 Å². The fourth-order valence-corrected chi connectivity index (χ4v) is 2.70. The van der Waals surface area contributed by atoms with Crippen molar-refractivity contribution in [2.45, 2.75) is 25.3 Å². The maximum Gasteiger partial charge on any atom is 0.0534 e. The Balaban J connectivity index is 1.92. The van der Waals surface area contributed by atoms with Gasteiger partial charge in [-0.05, 0) is 5.92 Å². The number of nitrogens with zero attached hydrogens (tertiary/aromatic N) is 3. The van der Waals surface area contributed by atoms with Gasteiger partial charge in [0.05, 0.1) is 11.6 Å². The topological polar surface area (TPSA) is 21.1 Å². The molecule has 0 radical (unpaired) electrons. The average molecular weight is 228 g/mol. The van der Waals surface area contributed by atoms with Crippen molar-refractivity contribution < 1.29 is 0 Å². The van der Waals surface area contributed by atoms with Gasteiger partial charge in [-0.2, -0.15) is 5.10 Å². The van der Waals surface area contributed by atoms with Crippen molar-refractivity contribution in [2.24, 2.45) is 13.0 Å². The van der Waals surface area contributed by atoms with E-state index in [1.807, 2.05) is 17.9 Å². The lowest BCUT2D eigenvalue weighted by Crippen LogP contribution is -2.20. The first-order chi connectivity index (χ1) is 7.19. The fourth-order valence-electron chi connectivity index (χ4n) is 2.24. The molecule has 1 aromatic rings. The summed E-state index contributed by atoms with van der Waals surface area (Å²) in [7, 11) is 1.95. The molecule has 1 saturated heterocycles. The molecule has 3 nitrogen and oxygen atoms in total. The van der Waals surface area contributed by atoms with E-state index < -0.39 is 0 Å². The zero-order valence-electron chi connectivity index (χ0n) is 9.36. The molecule has 1 fully saturated rings. The largest absolute Gasteiger partial charge is 0.297 e. The molecule has 84 valence electrons. The summed E-state index contributed by atoms with van der Waals surface area (Å²) in [4.78, 5) is 2.42. The van der Waals surface area contributed by atoms with E-state index in [1.165, 1.54) is 12.0 Å². The third-order valence-corrected chi connectivity index (χ3v) is 3.62. The van der Waals surface area contributed by atoms with Crippen LogP contribution in [0.1, 0.15) is 18.9 Å². The molecule has 2 heterocycles. The molecule has 0 spiro atoms. The van der Waals surface area contributed by atoms with Crippen molar-refractivity contribution >= 4 is 11.6 Å². The number of likely N-dealkylation sites (tertiary alicyclic amines) is 1. The molecule has 2 unspecified atom stereocenters. The highest BCUT2D eigenvalue weighted by Crippen LogP contribution is 2.25. The Morgan fingerprint density at radius 1 is 1.53 bits per heavy atom. The van der Waals surface area contributed by atoms with Crippen LogP contribution in [0.15, 0.2) is 12.4 Å². The first-order valence-electron chi connectivity index (χ1n) is 5.53. The lowest BCUT2D eigenvalue weighted by atomic mass is 10.1. The van der Waals surface area contributed by atoms with Gasteiger partial charge in [0, 0.05) is 38.4 Å². The van der Waals surface area contributed by atoms with Crippen molar-refractivity contribution in [3.05, 3.63) is 18.0 Å². The monoisotopic (exact) mass is 227 g/mol. The molecule has 15 heavy (non-hydrogen) atoms. The van der Waals surface area contributed by atoms with Gasteiger partial charge in [0.1, 0.15) is 0 Å². The number of halogens is 1. The van der Waals surface area contributed by atoms with Gasteiger partial charge in [-0.25, -0.2) is 0 Å². The van der Waals surface area contributed by atoms with Crippen LogP contribution in [0, 0.1) is 5.92 Å². The number of alkyl halides is 1. The number of aryl methyl sites for hydroxylation is 1. The zero-order valence-corrected chi connectivity index (χ0v) is 10.1. The molecular formula is C11H18ClN3. The van der Waals surface area contributed by atoms with Crippen molar-refractivity contribution in [1.82, 2.24) is 14.7 Å². The molecule has 1 aromatic heterocycles. The molecule has 2 rings (SSSR count). The van der Waals surface area contributed by atoms with E-state index in [2.05, 4.69) is 23.1 Å². The Morgan fingerprint density at radius 3 is 2.87 bits per heavy atom.